The second-order valence-corrected chi connectivity index (χ2v) is 6.50. The van der Waals surface area contributed by atoms with Crippen LogP contribution in [0.5, 0.6) is 0 Å². The van der Waals surface area contributed by atoms with Crippen LogP contribution in [0.1, 0.15) is 46.5 Å². The van der Waals surface area contributed by atoms with Gasteiger partial charge >= 0.3 is 0 Å². The van der Waals surface area contributed by atoms with Gasteiger partial charge in [-0.2, -0.15) is 0 Å². The minimum Gasteiger partial charge on any atom is -0.313 e. The maximum Gasteiger partial charge on any atom is 0.0223 e. The smallest absolute Gasteiger partial charge is 0.0223 e. The molecule has 0 aromatic rings. The van der Waals surface area contributed by atoms with Gasteiger partial charge < -0.3 is 10.2 Å². The molecule has 2 heteroatoms. The standard InChI is InChI=1S/C14H28N2/c1-4-15-13(12-6-7-12)10-16-9-5-8-14(2,3)11-16/h12-13,15H,4-11H2,1-3H3. The van der Waals surface area contributed by atoms with Crippen molar-refractivity contribution in [2.45, 2.75) is 52.5 Å². The number of rotatable bonds is 5. The van der Waals surface area contributed by atoms with E-state index in [9.17, 15) is 0 Å². The molecule has 94 valence electrons. The zero-order valence-corrected chi connectivity index (χ0v) is 11.3. The molecule has 1 heterocycles. The number of hydrogen-bond donors (Lipinski definition) is 1. The van der Waals surface area contributed by atoms with E-state index in [0.717, 1.165) is 18.5 Å². The van der Waals surface area contributed by atoms with Gasteiger partial charge in [0.05, 0.1) is 0 Å². The molecular formula is C14H28N2. The average Bonchev–Trinajstić information content (AvgIpc) is 2.98. The second-order valence-electron chi connectivity index (χ2n) is 6.50. The van der Waals surface area contributed by atoms with Crippen molar-refractivity contribution in [2.24, 2.45) is 11.3 Å². The monoisotopic (exact) mass is 224 g/mol. The molecule has 1 N–H and O–H groups in total. The van der Waals surface area contributed by atoms with Gasteiger partial charge in [-0.3, -0.25) is 0 Å². The topological polar surface area (TPSA) is 15.3 Å². The Hall–Kier alpha value is -0.0800. The van der Waals surface area contributed by atoms with Crippen molar-refractivity contribution in [3.8, 4) is 0 Å². The second kappa shape index (κ2) is 5.05. The van der Waals surface area contributed by atoms with E-state index in [4.69, 9.17) is 0 Å². The minimum absolute atomic E-state index is 0.540. The predicted octanol–water partition coefficient (Wildman–Crippen LogP) is 2.50. The van der Waals surface area contributed by atoms with Crippen LogP contribution >= 0.6 is 0 Å². The molecule has 0 aromatic heterocycles. The van der Waals surface area contributed by atoms with Gasteiger partial charge in [0.1, 0.15) is 0 Å². The molecule has 16 heavy (non-hydrogen) atoms. The van der Waals surface area contributed by atoms with E-state index in [0.29, 0.717) is 5.41 Å². The van der Waals surface area contributed by atoms with Gasteiger partial charge in [0.25, 0.3) is 0 Å². The van der Waals surface area contributed by atoms with Crippen LogP contribution < -0.4 is 5.32 Å². The summed E-state index contributed by atoms with van der Waals surface area (Å²) in [6.07, 6.45) is 5.69. The Balaban J connectivity index is 1.82. The summed E-state index contributed by atoms with van der Waals surface area (Å²) in [5.41, 5.74) is 0.540. The lowest BCUT2D eigenvalue weighted by Crippen LogP contribution is -2.48. The predicted molar refractivity (Wildman–Crippen MR) is 69.6 cm³/mol. The Morgan fingerprint density at radius 2 is 2.12 bits per heavy atom. The van der Waals surface area contributed by atoms with Crippen LogP contribution in [0.25, 0.3) is 0 Å². The van der Waals surface area contributed by atoms with E-state index < -0.39 is 0 Å². The lowest BCUT2D eigenvalue weighted by molar-refractivity contribution is 0.105. The van der Waals surface area contributed by atoms with Crippen LogP contribution in [0.2, 0.25) is 0 Å². The SMILES string of the molecule is CCNC(CN1CCCC(C)(C)C1)C1CC1. The first-order valence-corrected chi connectivity index (χ1v) is 7.06. The highest BCUT2D eigenvalue weighted by molar-refractivity contribution is 4.90. The Labute approximate surface area is 101 Å². The molecule has 0 aromatic carbocycles. The number of likely N-dealkylation sites (N-methyl/N-ethyl adjacent to an activating group) is 1. The van der Waals surface area contributed by atoms with E-state index in [-0.39, 0.29) is 0 Å². The third-order valence-corrected chi connectivity index (χ3v) is 4.09. The average molecular weight is 224 g/mol. The highest BCUT2D eigenvalue weighted by Gasteiger charge is 2.34. The van der Waals surface area contributed by atoms with E-state index in [2.05, 4.69) is 31.0 Å². The van der Waals surface area contributed by atoms with Gasteiger partial charge in [-0.15, -0.1) is 0 Å². The maximum atomic E-state index is 3.68. The molecule has 1 unspecified atom stereocenters. The van der Waals surface area contributed by atoms with E-state index >= 15 is 0 Å². The number of hydrogen-bond acceptors (Lipinski definition) is 2. The summed E-state index contributed by atoms with van der Waals surface area (Å²) in [5.74, 6) is 0.977. The Morgan fingerprint density at radius 3 is 2.69 bits per heavy atom. The van der Waals surface area contributed by atoms with Crippen LogP contribution in [-0.2, 0) is 0 Å². The van der Waals surface area contributed by atoms with Crippen molar-refractivity contribution in [2.75, 3.05) is 26.2 Å². The van der Waals surface area contributed by atoms with E-state index in [1.54, 1.807) is 0 Å². The molecule has 2 fully saturated rings. The largest absolute Gasteiger partial charge is 0.313 e. The lowest BCUT2D eigenvalue weighted by Gasteiger charge is -2.39. The molecule has 1 saturated heterocycles. The van der Waals surface area contributed by atoms with Crippen molar-refractivity contribution in [3.05, 3.63) is 0 Å². The van der Waals surface area contributed by atoms with Crippen LogP contribution in [-0.4, -0.2) is 37.1 Å². The quantitative estimate of drug-likeness (QED) is 0.772. The summed E-state index contributed by atoms with van der Waals surface area (Å²) in [5, 5.41) is 3.68. The molecule has 1 saturated carbocycles. The molecule has 0 radical (unpaired) electrons. The van der Waals surface area contributed by atoms with Crippen molar-refractivity contribution >= 4 is 0 Å². The maximum absolute atomic E-state index is 3.68. The van der Waals surface area contributed by atoms with Gasteiger partial charge in [0.2, 0.25) is 0 Å². The zero-order chi connectivity index (χ0) is 11.6. The van der Waals surface area contributed by atoms with Crippen molar-refractivity contribution in [1.82, 2.24) is 10.2 Å². The van der Waals surface area contributed by atoms with Crippen LogP contribution in [0.15, 0.2) is 0 Å². The van der Waals surface area contributed by atoms with Crippen molar-refractivity contribution < 1.29 is 0 Å². The first-order chi connectivity index (χ1) is 7.61. The number of nitrogens with zero attached hydrogens (tertiary/aromatic N) is 1. The molecule has 0 amide bonds. The normalized spacial score (nSPS) is 27.9. The van der Waals surface area contributed by atoms with Gasteiger partial charge in [0, 0.05) is 19.1 Å². The van der Waals surface area contributed by atoms with E-state index in [1.807, 2.05) is 0 Å². The third kappa shape index (κ3) is 3.46. The fourth-order valence-corrected chi connectivity index (χ4v) is 3.12. The summed E-state index contributed by atoms with van der Waals surface area (Å²) in [7, 11) is 0. The molecule has 1 atom stereocenters. The van der Waals surface area contributed by atoms with Crippen LogP contribution in [0, 0.1) is 11.3 Å². The fourth-order valence-electron chi connectivity index (χ4n) is 3.12. The van der Waals surface area contributed by atoms with Gasteiger partial charge in [-0.25, -0.2) is 0 Å². The van der Waals surface area contributed by atoms with Gasteiger partial charge in [-0.1, -0.05) is 20.8 Å². The Bertz CT molecular complexity index is 221. The molecule has 2 rings (SSSR count). The van der Waals surface area contributed by atoms with Crippen LogP contribution in [0.3, 0.4) is 0 Å². The number of piperidine rings is 1. The summed E-state index contributed by atoms with van der Waals surface area (Å²) in [6.45, 7) is 12.1. The zero-order valence-electron chi connectivity index (χ0n) is 11.3. The number of nitrogens with one attached hydrogen (secondary N) is 1. The van der Waals surface area contributed by atoms with Gasteiger partial charge in [0.15, 0.2) is 0 Å². The summed E-state index contributed by atoms with van der Waals surface area (Å²) < 4.78 is 0. The summed E-state index contributed by atoms with van der Waals surface area (Å²) in [4.78, 5) is 2.69. The van der Waals surface area contributed by atoms with E-state index in [1.165, 1.54) is 45.3 Å². The molecule has 0 bridgehead atoms. The van der Waals surface area contributed by atoms with Crippen LogP contribution in [0.4, 0.5) is 0 Å². The molecule has 1 aliphatic heterocycles. The first-order valence-electron chi connectivity index (χ1n) is 7.06. The van der Waals surface area contributed by atoms with Gasteiger partial charge in [-0.05, 0) is 50.1 Å². The first kappa shape index (κ1) is 12.4. The minimum atomic E-state index is 0.540. The van der Waals surface area contributed by atoms with Crippen molar-refractivity contribution in [1.29, 1.82) is 0 Å². The summed E-state index contributed by atoms with van der Waals surface area (Å²) in [6, 6.07) is 0.763. The Morgan fingerprint density at radius 1 is 1.38 bits per heavy atom. The molecule has 1 aliphatic carbocycles. The molecule has 2 nitrogen and oxygen atoms in total. The molecular weight excluding hydrogens is 196 g/mol. The van der Waals surface area contributed by atoms with Crippen molar-refractivity contribution in [3.63, 3.8) is 0 Å². The Kier molecular flexibility index (Phi) is 3.91. The number of likely N-dealkylation sites (tertiary alicyclic amines) is 1. The highest BCUT2D eigenvalue weighted by Crippen LogP contribution is 2.34. The highest BCUT2D eigenvalue weighted by atomic mass is 15.2. The third-order valence-electron chi connectivity index (χ3n) is 4.09. The summed E-state index contributed by atoms with van der Waals surface area (Å²) >= 11 is 0. The lowest BCUT2D eigenvalue weighted by atomic mass is 9.84. The fraction of sp³-hybridized carbons (Fsp3) is 1.00. The molecule has 2 aliphatic rings. The molecule has 0 spiro atoms.